The van der Waals surface area contributed by atoms with Gasteiger partial charge in [-0.2, -0.15) is 0 Å². The number of fused-ring (bicyclic) bond motifs is 3. The maximum absolute atomic E-state index is 12.8. The van der Waals surface area contributed by atoms with Crippen LogP contribution >= 0.6 is 0 Å². The van der Waals surface area contributed by atoms with E-state index in [4.69, 9.17) is 0 Å². The third kappa shape index (κ3) is 1.69. The molecule has 20 heavy (non-hydrogen) atoms. The predicted molar refractivity (Wildman–Crippen MR) is 79.7 cm³/mol. The Morgan fingerprint density at radius 3 is 2.60 bits per heavy atom. The van der Waals surface area contributed by atoms with Crippen LogP contribution in [0.15, 0.2) is 42.5 Å². The van der Waals surface area contributed by atoms with E-state index in [1.54, 1.807) is 0 Å². The second-order valence-electron chi connectivity index (χ2n) is 6.03. The molecule has 1 N–H and O–H groups in total. The first-order valence-electron chi connectivity index (χ1n) is 7.29. The molecule has 2 aliphatic heterocycles. The zero-order valence-corrected chi connectivity index (χ0v) is 11.4. The van der Waals surface area contributed by atoms with Crippen molar-refractivity contribution < 1.29 is 4.79 Å². The molecule has 2 aromatic rings. The molecule has 0 radical (unpaired) electrons. The molecule has 1 aromatic carbocycles. The van der Waals surface area contributed by atoms with Crippen molar-refractivity contribution in [3.05, 3.63) is 48.2 Å². The van der Waals surface area contributed by atoms with Gasteiger partial charge in [-0.05, 0) is 37.8 Å². The van der Waals surface area contributed by atoms with E-state index >= 15 is 0 Å². The van der Waals surface area contributed by atoms with E-state index in [1.165, 1.54) is 5.57 Å². The SMILES string of the molecule is C=C1CC2CCC(C1)N2C(=O)c1cc2ccccc2[nH]1. The predicted octanol–water partition coefficient (Wildman–Crippen LogP) is 3.49. The summed E-state index contributed by atoms with van der Waals surface area (Å²) in [5.41, 5.74) is 3.05. The first kappa shape index (κ1) is 11.8. The summed E-state index contributed by atoms with van der Waals surface area (Å²) in [6, 6.07) is 10.7. The number of aromatic amines is 1. The van der Waals surface area contributed by atoms with E-state index in [-0.39, 0.29) is 5.91 Å². The quantitative estimate of drug-likeness (QED) is 0.788. The van der Waals surface area contributed by atoms with Crippen LogP contribution in [0.3, 0.4) is 0 Å². The van der Waals surface area contributed by atoms with Crippen molar-refractivity contribution in [2.45, 2.75) is 37.8 Å². The molecule has 0 aliphatic carbocycles. The average Bonchev–Trinajstić information content (AvgIpc) is 2.98. The van der Waals surface area contributed by atoms with Gasteiger partial charge in [0.25, 0.3) is 5.91 Å². The average molecular weight is 266 g/mol. The molecule has 2 aliphatic rings. The lowest BCUT2D eigenvalue weighted by Crippen LogP contribution is -2.44. The van der Waals surface area contributed by atoms with Crippen molar-refractivity contribution in [2.24, 2.45) is 0 Å². The largest absolute Gasteiger partial charge is 0.351 e. The summed E-state index contributed by atoms with van der Waals surface area (Å²) in [6.07, 6.45) is 4.19. The monoisotopic (exact) mass is 266 g/mol. The second kappa shape index (κ2) is 4.23. The Kier molecular flexibility index (Phi) is 2.49. The minimum atomic E-state index is 0.154. The summed E-state index contributed by atoms with van der Waals surface area (Å²) in [5, 5.41) is 1.10. The minimum Gasteiger partial charge on any atom is -0.351 e. The maximum atomic E-state index is 12.8. The van der Waals surface area contributed by atoms with Gasteiger partial charge in [-0.3, -0.25) is 4.79 Å². The molecule has 2 saturated heterocycles. The Morgan fingerprint density at radius 1 is 1.20 bits per heavy atom. The van der Waals surface area contributed by atoms with Crippen molar-refractivity contribution in [1.82, 2.24) is 9.88 Å². The van der Waals surface area contributed by atoms with Gasteiger partial charge in [0.2, 0.25) is 0 Å². The standard InChI is InChI=1S/C17H18N2O/c1-11-8-13-6-7-14(9-11)19(13)17(20)16-10-12-4-2-3-5-15(12)18-16/h2-5,10,13-14,18H,1,6-9H2. The van der Waals surface area contributed by atoms with Gasteiger partial charge in [-0.1, -0.05) is 30.4 Å². The Labute approximate surface area is 118 Å². The Bertz CT molecular complexity index is 651. The van der Waals surface area contributed by atoms with E-state index in [0.717, 1.165) is 42.3 Å². The van der Waals surface area contributed by atoms with Crippen LogP contribution in [0.2, 0.25) is 0 Å². The van der Waals surface area contributed by atoms with Crippen LogP contribution in [0, 0.1) is 0 Å². The molecule has 0 spiro atoms. The number of benzene rings is 1. The number of aromatic nitrogens is 1. The molecular weight excluding hydrogens is 248 g/mol. The smallest absolute Gasteiger partial charge is 0.270 e. The minimum absolute atomic E-state index is 0.154. The van der Waals surface area contributed by atoms with E-state index in [0.29, 0.717) is 12.1 Å². The molecule has 4 rings (SSSR count). The molecule has 2 fully saturated rings. The number of H-pyrrole nitrogens is 1. The number of piperidine rings is 1. The van der Waals surface area contributed by atoms with Gasteiger partial charge in [-0.25, -0.2) is 0 Å². The van der Waals surface area contributed by atoms with Crippen molar-refractivity contribution >= 4 is 16.8 Å². The van der Waals surface area contributed by atoms with Gasteiger partial charge >= 0.3 is 0 Å². The number of nitrogens with one attached hydrogen (secondary N) is 1. The fourth-order valence-corrected chi connectivity index (χ4v) is 3.77. The number of para-hydroxylation sites is 1. The fourth-order valence-electron chi connectivity index (χ4n) is 3.77. The van der Waals surface area contributed by atoms with Gasteiger partial charge in [0.15, 0.2) is 0 Å². The van der Waals surface area contributed by atoms with Crippen molar-refractivity contribution in [3.63, 3.8) is 0 Å². The molecule has 1 aromatic heterocycles. The molecule has 2 unspecified atom stereocenters. The van der Waals surface area contributed by atoms with Crippen LogP contribution in [-0.4, -0.2) is 27.9 Å². The first-order chi connectivity index (χ1) is 9.72. The molecule has 3 nitrogen and oxygen atoms in total. The lowest BCUT2D eigenvalue weighted by molar-refractivity contribution is 0.0630. The number of carbonyl (C=O) groups is 1. The summed E-state index contributed by atoms with van der Waals surface area (Å²) in [5.74, 6) is 0.154. The summed E-state index contributed by atoms with van der Waals surface area (Å²) in [4.78, 5) is 18.2. The maximum Gasteiger partial charge on any atom is 0.270 e. The molecule has 2 atom stereocenters. The molecule has 3 heterocycles. The van der Waals surface area contributed by atoms with Crippen molar-refractivity contribution in [1.29, 1.82) is 0 Å². The molecule has 2 bridgehead atoms. The number of rotatable bonds is 1. The molecule has 102 valence electrons. The lowest BCUT2D eigenvalue weighted by atomic mass is 9.98. The number of carbonyl (C=O) groups excluding carboxylic acids is 1. The number of amides is 1. The normalized spacial score (nSPS) is 25.4. The highest BCUT2D eigenvalue weighted by molar-refractivity contribution is 5.98. The molecule has 1 amide bonds. The van der Waals surface area contributed by atoms with Crippen LogP contribution in [0.5, 0.6) is 0 Å². The summed E-state index contributed by atoms with van der Waals surface area (Å²) in [7, 11) is 0. The lowest BCUT2D eigenvalue weighted by Gasteiger charge is -2.35. The van der Waals surface area contributed by atoms with Crippen LogP contribution in [0.4, 0.5) is 0 Å². The van der Waals surface area contributed by atoms with E-state index < -0.39 is 0 Å². The number of hydrogen-bond donors (Lipinski definition) is 1. The molecular formula is C17H18N2O. The number of nitrogens with zero attached hydrogens (tertiary/aromatic N) is 1. The van der Waals surface area contributed by atoms with Gasteiger partial charge < -0.3 is 9.88 Å². The first-order valence-corrected chi connectivity index (χ1v) is 7.29. The highest BCUT2D eigenvalue weighted by atomic mass is 16.2. The third-order valence-corrected chi connectivity index (χ3v) is 4.66. The highest BCUT2D eigenvalue weighted by Crippen LogP contribution is 2.38. The van der Waals surface area contributed by atoms with Gasteiger partial charge in [-0.15, -0.1) is 0 Å². The zero-order valence-electron chi connectivity index (χ0n) is 11.4. The summed E-state index contributed by atoms with van der Waals surface area (Å²) >= 11 is 0. The molecule has 3 heteroatoms. The van der Waals surface area contributed by atoms with Crippen LogP contribution in [0.1, 0.15) is 36.2 Å². The van der Waals surface area contributed by atoms with E-state index in [1.807, 2.05) is 30.3 Å². The van der Waals surface area contributed by atoms with E-state index in [9.17, 15) is 4.79 Å². The van der Waals surface area contributed by atoms with Crippen molar-refractivity contribution in [3.8, 4) is 0 Å². The number of hydrogen-bond acceptors (Lipinski definition) is 1. The Morgan fingerprint density at radius 2 is 1.90 bits per heavy atom. The zero-order chi connectivity index (χ0) is 13.7. The third-order valence-electron chi connectivity index (χ3n) is 4.66. The van der Waals surface area contributed by atoms with Gasteiger partial charge in [0.05, 0.1) is 0 Å². The topological polar surface area (TPSA) is 36.1 Å². The Hall–Kier alpha value is -2.03. The van der Waals surface area contributed by atoms with E-state index in [2.05, 4.69) is 16.5 Å². The van der Waals surface area contributed by atoms with Crippen LogP contribution in [0.25, 0.3) is 10.9 Å². The van der Waals surface area contributed by atoms with Gasteiger partial charge in [0, 0.05) is 23.0 Å². The molecule has 0 saturated carbocycles. The highest BCUT2D eigenvalue weighted by Gasteiger charge is 2.41. The fraction of sp³-hybridized carbons (Fsp3) is 0.353. The van der Waals surface area contributed by atoms with Crippen LogP contribution in [-0.2, 0) is 0 Å². The Balaban J connectivity index is 1.69. The van der Waals surface area contributed by atoms with Gasteiger partial charge in [0.1, 0.15) is 5.69 Å². The van der Waals surface area contributed by atoms with Crippen LogP contribution < -0.4 is 0 Å². The second-order valence-corrected chi connectivity index (χ2v) is 6.03. The summed E-state index contributed by atoms with van der Waals surface area (Å²) < 4.78 is 0. The van der Waals surface area contributed by atoms with Crippen molar-refractivity contribution in [2.75, 3.05) is 0 Å². The summed E-state index contributed by atoms with van der Waals surface area (Å²) in [6.45, 7) is 4.11.